The van der Waals surface area contributed by atoms with Crippen LogP contribution in [0.5, 0.6) is 0 Å². The first-order valence-electron chi connectivity index (χ1n) is 11.9. The van der Waals surface area contributed by atoms with Crippen LogP contribution >= 0.6 is 0 Å². The summed E-state index contributed by atoms with van der Waals surface area (Å²) in [5.74, 6) is -0.721. The van der Waals surface area contributed by atoms with Gasteiger partial charge in [0.05, 0.1) is 18.8 Å². The predicted molar refractivity (Wildman–Crippen MR) is 136 cm³/mol. The SMILES string of the molecule is COC(=O)C1Cc2c([nH]c3cc(F)ccc23)C(c2ccc(N(C)S(=O)(=O)N3CCN(C)CC3)cc2)N1. The monoisotopic (exact) mass is 515 g/mol. The van der Waals surface area contributed by atoms with Gasteiger partial charge in [-0.1, -0.05) is 12.1 Å². The van der Waals surface area contributed by atoms with E-state index in [1.54, 1.807) is 25.2 Å². The van der Waals surface area contributed by atoms with Crippen LogP contribution in [0.15, 0.2) is 42.5 Å². The highest BCUT2D eigenvalue weighted by atomic mass is 32.2. The number of fused-ring (bicyclic) bond motifs is 3. The molecule has 0 saturated carbocycles. The molecular weight excluding hydrogens is 485 g/mol. The van der Waals surface area contributed by atoms with E-state index in [9.17, 15) is 17.6 Å². The van der Waals surface area contributed by atoms with Gasteiger partial charge in [0.25, 0.3) is 0 Å². The second-order valence-corrected chi connectivity index (χ2v) is 11.3. The Kier molecular flexibility index (Phi) is 6.50. The largest absolute Gasteiger partial charge is 0.468 e. The van der Waals surface area contributed by atoms with Crippen LogP contribution in [0.4, 0.5) is 10.1 Å². The smallest absolute Gasteiger partial charge is 0.323 e. The number of rotatable bonds is 5. The Morgan fingerprint density at radius 2 is 1.81 bits per heavy atom. The van der Waals surface area contributed by atoms with Gasteiger partial charge in [-0.15, -0.1) is 0 Å². The number of likely N-dealkylation sites (N-methyl/N-ethyl adjacent to an activating group) is 1. The van der Waals surface area contributed by atoms with E-state index in [0.717, 1.165) is 22.2 Å². The minimum atomic E-state index is -3.65. The number of ether oxygens (including phenoxy) is 1. The number of benzene rings is 2. The van der Waals surface area contributed by atoms with E-state index in [0.29, 0.717) is 43.8 Å². The van der Waals surface area contributed by atoms with Crippen molar-refractivity contribution < 1.29 is 22.3 Å². The second-order valence-electron chi connectivity index (χ2n) is 9.36. The van der Waals surface area contributed by atoms with Gasteiger partial charge in [-0.25, -0.2) is 4.39 Å². The van der Waals surface area contributed by atoms with Crippen LogP contribution in [0.3, 0.4) is 0 Å². The highest BCUT2D eigenvalue weighted by Crippen LogP contribution is 2.36. The number of esters is 1. The van der Waals surface area contributed by atoms with E-state index >= 15 is 0 Å². The molecular formula is C25H30FN5O4S. The number of H-pyrrole nitrogens is 1. The van der Waals surface area contributed by atoms with Gasteiger partial charge in [0.2, 0.25) is 0 Å². The van der Waals surface area contributed by atoms with Crippen molar-refractivity contribution in [2.45, 2.75) is 18.5 Å². The molecule has 2 aliphatic rings. The predicted octanol–water partition coefficient (Wildman–Crippen LogP) is 2.01. The van der Waals surface area contributed by atoms with Gasteiger partial charge >= 0.3 is 16.2 Å². The Labute approximate surface area is 210 Å². The molecule has 5 rings (SSSR count). The summed E-state index contributed by atoms with van der Waals surface area (Å²) in [6, 6.07) is 10.8. The fourth-order valence-corrected chi connectivity index (χ4v) is 6.38. The highest BCUT2D eigenvalue weighted by Gasteiger charge is 2.35. The summed E-state index contributed by atoms with van der Waals surface area (Å²) >= 11 is 0. The molecule has 0 radical (unpaired) electrons. The third-order valence-electron chi connectivity index (χ3n) is 7.18. The molecule has 3 aromatic rings. The van der Waals surface area contributed by atoms with Gasteiger partial charge in [0.1, 0.15) is 11.9 Å². The van der Waals surface area contributed by atoms with Gasteiger partial charge in [-0.2, -0.15) is 12.7 Å². The molecule has 3 heterocycles. The van der Waals surface area contributed by atoms with E-state index in [1.807, 2.05) is 19.2 Å². The van der Waals surface area contributed by atoms with E-state index in [-0.39, 0.29) is 17.8 Å². The number of halogens is 1. The molecule has 2 atom stereocenters. The van der Waals surface area contributed by atoms with Gasteiger partial charge in [0.15, 0.2) is 0 Å². The number of nitrogens with zero attached hydrogens (tertiary/aromatic N) is 3. The van der Waals surface area contributed by atoms with Gasteiger partial charge in [-0.3, -0.25) is 14.4 Å². The zero-order valence-corrected chi connectivity index (χ0v) is 21.3. The molecule has 2 aliphatic heterocycles. The van der Waals surface area contributed by atoms with Gasteiger partial charge in [-0.05, 0) is 48.5 Å². The van der Waals surface area contributed by atoms with Crippen LogP contribution in [0.25, 0.3) is 10.9 Å². The Hall–Kier alpha value is -2.99. The topological polar surface area (TPSA) is 98.0 Å². The highest BCUT2D eigenvalue weighted by molar-refractivity contribution is 7.90. The number of hydrogen-bond donors (Lipinski definition) is 2. The average molecular weight is 516 g/mol. The van der Waals surface area contributed by atoms with Crippen LogP contribution in [0.2, 0.25) is 0 Å². The number of piperazine rings is 1. The molecule has 0 spiro atoms. The summed E-state index contributed by atoms with van der Waals surface area (Å²) in [6.45, 7) is 2.28. The Morgan fingerprint density at radius 1 is 1.11 bits per heavy atom. The lowest BCUT2D eigenvalue weighted by molar-refractivity contribution is -0.143. The summed E-state index contributed by atoms with van der Waals surface area (Å²) in [7, 11) is 1.24. The summed E-state index contributed by atoms with van der Waals surface area (Å²) in [6.07, 6.45) is 0.411. The van der Waals surface area contributed by atoms with Crippen molar-refractivity contribution >= 4 is 32.8 Å². The molecule has 36 heavy (non-hydrogen) atoms. The van der Waals surface area contributed by atoms with Crippen LogP contribution < -0.4 is 9.62 Å². The molecule has 1 fully saturated rings. The van der Waals surface area contributed by atoms with Gasteiger partial charge < -0.3 is 14.6 Å². The van der Waals surface area contributed by atoms with Crippen molar-refractivity contribution in [1.29, 1.82) is 0 Å². The lowest BCUT2D eigenvalue weighted by Gasteiger charge is -2.34. The molecule has 2 aromatic carbocycles. The van der Waals surface area contributed by atoms with Crippen molar-refractivity contribution in [3.8, 4) is 0 Å². The standard InChI is InChI=1S/C25H30FN5O4S/c1-29-10-12-31(13-11-29)36(33,34)30(2)18-7-4-16(5-8-18)23-24-20(15-22(28-23)25(32)35-3)19-9-6-17(26)14-21(19)27-24/h4-9,14,22-23,27-28H,10-13,15H2,1-3H3. The molecule has 1 saturated heterocycles. The number of hydrogen-bond acceptors (Lipinski definition) is 6. The molecule has 0 amide bonds. The van der Waals surface area contributed by atoms with Crippen molar-refractivity contribution in [3.05, 3.63) is 65.1 Å². The van der Waals surface area contributed by atoms with Gasteiger partial charge in [0, 0.05) is 56.2 Å². The number of anilines is 1. The number of aromatic amines is 1. The first-order chi connectivity index (χ1) is 17.2. The van der Waals surface area contributed by atoms with Crippen molar-refractivity contribution in [2.24, 2.45) is 0 Å². The fourth-order valence-electron chi connectivity index (χ4n) is 5.02. The quantitative estimate of drug-likeness (QED) is 0.505. The summed E-state index contributed by atoms with van der Waals surface area (Å²) in [5.41, 5.74) is 3.82. The van der Waals surface area contributed by atoms with Crippen LogP contribution in [0, 0.1) is 5.82 Å². The maximum atomic E-state index is 13.9. The van der Waals surface area contributed by atoms with Crippen molar-refractivity contribution in [1.82, 2.24) is 19.5 Å². The van der Waals surface area contributed by atoms with E-state index in [1.165, 1.54) is 27.9 Å². The summed E-state index contributed by atoms with van der Waals surface area (Å²) < 4.78 is 48.0. The number of carbonyl (C=O) groups excluding carboxylic acids is 1. The second kappa shape index (κ2) is 9.47. The zero-order chi connectivity index (χ0) is 25.6. The maximum absolute atomic E-state index is 13.9. The number of nitrogens with one attached hydrogen (secondary N) is 2. The first kappa shape index (κ1) is 24.7. The van der Waals surface area contributed by atoms with E-state index < -0.39 is 16.3 Å². The van der Waals surface area contributed by atoms with Crippen molar-refractivity contribution in [2.75, 3.05) is 51.7 Å². The first-order valence-corrected chi connectivity index (χ1v) is 13.2. The van der Waals surface area contributed by atoms with Crippen LogP contribution in [-0.2, 0) is 26.2 Å². The molecule has 9 nitrogen and oxygen atoms in total. The normalized spacial score (nSPS) is 21.3. The minimum Gasteiger partial charge on any atom is -0.468 e. The third-order valence-corrected chi connectivity index (χ3v) is 9.10. The maximum Gasteiger partial charge on any atom is 0.323 e. The zero-order valence-electron chi connectivity index (χ0n) is 20.5. The molecule has 1 aromatic heterocycles. The summed E-state index contributed by atoms with van der Waals surface area (Å²) in [5, 5.41) is 4.21. The fraction of sp³-hybridized carbons (Fsp3) is 0.400. The van der Waals surface area contributed by atoms with E-state index in [4.69, 9.17) is 4.74 Å². The molecule has 2 unspecified atom stereocenters. The molecule has 2 N–H and O–H groups in total. The molecule has 0 aliphatic carbocycles. The number of methoxy groups -OCH3 is 1. The van der Waals surface area contributed by atoms with Crippen LogP contribution in [0.1, 0.15) is 22.9 Å². The molecule has 0 bridgehead atoms. The summed E-state index contributed by atoms with van der Waals surface area (Å²) in [4.78, 5) is 17.9. The molecule has 192 valence electrons. The Balaban J connectivity index is 1.46. The van der Waals surface area contributed by atoms with E-state index in [2.05, 4.69) is 15.2 Å². The third kappa shape index (κ3) is 4.36. The number of aromatic nitrogens is 1. The molecule has 11 heteroatoms. The lowest BCUT2D eigenvalue weighted by Crippen LogP contribution is -2.51. The average Bonchev–Trinajstić information content (AvgIpc) is 3.25. The Morgan fingerprint density at radius 3 is 2.47 bits per heavy atom. The number of carbonyl (C=O) groups is 1. The lowest BCUT2D eigenvalue weighted by atomic mass is 9.90. The minimum absolute atomic E-state index is 0.343. The Bertz CT molecular complexity index is 1380. The van der Waals surface area contributed by atoms with Crippen molar-refractivity contribution in [3.63, 3.8) is 0 Å². The van der Waals surface area contributed by atoms with Crippen LogP contribution in [-0.4, -0.2) is 82.0 Å².